The zero-order valence-electron chi connectivity index (χ0n) is 9.96. The van der Waals surface area contributed by atoms with E-state index in [2.05, 4.69) is 32.9 Å². The molecule has 1 heterocycles. The molecular weight excluding hydrogens is 361 g/mol. The van der Waals surface area contributed by atoms with Crippen molar-refractivity contribution in [2.45, 2.75) is 0 Å². The van der Waals surface area contributed by atoms with E-state index in [9.17, 15) is 10.1 Å². The Bertz CT molecular complexity index is 619. The molecule has 0 unspecified atom stereocenters. The van der Waals surface area contributed by atoms with E-state index < -0.39 is 4.92 Å². The van der Waals surface area contributed by atoms with Crippen molar-refractivity contribution in [3.8, 4) is 11.6 Å². The van der Waals surface area contributed by atoms with Crippen molar-refractivity contribution in [1.29, 1.82) is 0 Å². The van der Waals surface area contributed by atoms with Crippen molar-refractivity contribution in [3.63, 3.8) is 0 Å². The maximum atomic E-state index is 11.0. The minimum atomic E-state index is -0.516. The summed E-state index contributed by atoms with van der Waals surface area (Å²) in [6.07, 6.45) is 0. The number of aromatic nitrogens is 1. The minimum Gasteiger partial charge on any atom is -0.433 e. The molecule has 0 saturated carbocycles. The molecule has 1 aromatic heterocycles. The summed E-state index contributed by atoms with van der Waals surface area (Å²) in [5.74, 6) is 1.01. The number of nitrogens with zero attached hydrogens (tertiary/aromatic N) is 2. The van der Waals surface area contributed by atoms with Crippen LogP contribution < -0.4 is 10.1 Å². The number of rotatable bonds is 4. The summed E-state index contributed by atoms with van der Waals surface area (Å²) in [5, 5.41) is 13.8. The molecule has 2 aromatic rings. The number of halogens is 1. The van der Waals surface area contributed by atoms with Crippen LogP contribution in [-0.4, -0.2) is 17.0 Å². The van der Waals surface area contributed by atoms with Gasteiger partial charge in [-0.05, 0) is 40.8 Å². The predicted octanol–water partition coefficient (Wildman–Crippen LogP) is 3.43. The molecule has 0 aliphatic rings. The van der Waals surface area contributed by atoms with Gasteiger partial charge in [-0.15, -0.1) is 0 Å². The van der Waals surface area contributed by atoms with Gasteiger partial charge in [0, 0.05) is 13.1 Å². The first-order chi connectivity index (χ1) is 9.11. The third-order valence-corrected chi connectivity index (χ3v) is 3.23. The zero-order chi connectivity index (χ0) is 13.8. The van der Waals surface area contributed by atoms with Gasteiger partial charge in [0.2, 0.25) is 0 Å². The fraction of sp³-hybridized carbons (Fsp3) is 0.0833. The molecule has 0 spiro atoms. The molecule has 2 rings (SSSR count). The highest BCUT2D eigenvalue weighted by Gasteiger charge is 2.19. The number of ether oxygens (including phenoxy) is 1. The van der Waals surface area contributed by atoms with Gasteiger partial charge in [0.25, 0.3) is 0 Å². The molecule has 0 fully saturated rings. The number of nitrogens with one attached hydrogen (secondary N) is 1. The Morgan fingerprint density at radius 2 is 2.05 bits per heavy atom. The van der Waals surface area contributed by atoms with Gasteiger partial charge >= 0.3 is 11.6 Å². The average molecular weight is 371 g/mol. The summed E-state index contributed by atoms with van der Waals surface area (Å²) < 4.78 is 6.40. The van der Waals surface area contributed by atoms with Crippen LogP contribution in [0.25, 0.3) is 0 Å². The first-order valence-corrected chi connectivity index (χ1v) is 6.45. The van der Waals surface area contributed by atoms with Gasteiger partial charge in [0.1, 0.15) is 11.6 Å². The summed E-state index contributed by atoms with van der Waals surface area (Å²) in [4.78, 5) is 14.5. The number of benzene rings is 1. The topological polar surface area (TPSA) is 77.3 Å². The van der Waals surface area contributed by atoms with Gasteiger partial charge in [-0.1, -0.05) is 12.1 Å². The Labute approximate surface area is 123 Å². The number of pyridine rings is 1. The molecule has 7 heteroatoms. The molecule has 0 aliphatic carbocycles. The van der Waals surface area contributed by atoms with Gasteiger partial charge in [-0.25, -0.2) is 0 Å². The van der Waals surface area contributed by atoms with E-state index in [4.69, 9.17) is 4.74 Å². The lowest BCUT2D eigenvalue weighted by atomic mass is 10.3. The van der Waals surface area contributed by atoms with E-state index in [1.165, 1.54) is 12.1 Å². The van der Waals surface area contributed by atoms with E-state index in [1.54, 1.807) is 19.2 Å². The highest BCUT2D eigenvalue weighted by atomic mass is 127. The van der Waals surface area contributed by atoms with E-state index in [0.29, 0.717) is 11.6 Å². The summed E-state index contributed by atoms with van der Waals surface area (Å²) >= 11 is 2.10. The Morgan fingerprint density at radius 3 is 2.68 bits per heavy atom. The van der Waals surface area contributed by atoms with Crippen LogP contribution in [-0.2, 0) is 0 Å². The Morgan fingerprint density at radius 1 is 1.32 bits per heavy atom. The lowest BCUT2D eigenvalue weighted by molar-refractivity contribution is -0.386. The second-order valence-electron chi connectivity index (χ2n) is 3.56. The second kappa shape index (κ2) is 5.83. The standard InChI is InChI=1S/C12H10IN3O3/c1-14-11-7-6-9(16(17)18)12(15-11)19-10-5-3-2-4-8(10)13/h2-7H,1H3,(H,14,15). The summed E-state index contributed by atoms with van der Waals surface area (Å²) in [6, 6.07) is 10.1. The van der Waals surface area contributed by atoms with Crippen LogP contribution in [0.2, 0.25) is 0 Å². The van der Waals surface area contributed by atoms with E-state index in [1.807, 2.05) is 12.1 Å². The van der Waals surface area contributed by atoms with Gasteiger partial charge in [0.05, 0.1) is 8.49 Å². The molecule has 0 bridgehead atoms. The molecule has 0 atom stereocenters. The van der Waals surface area contributed by atoms with Crippen LogP contribution in [0.4, 0.5) is 11.5 Å². The summed E-state index contributed by atoms with van der Waals surface area (Å²) in [7, 11) is 1.68. The van der Waals surface area contributed by atoms with Crippen molar-refractivity contribution in [1.82, 2.24) is 4.98 Å². The van der Waals surface area contributed by atoms with Crippen molar-refractivity contribution < 1.29 is 9.66 Å². The summed E-state index contributed by atoms with van der Waals surface area (Å²) in [5.41, 5.74) is -0.168. The molecule has 0 radical (unpaired) electrons. The molecule has 6 nitrogen and oxygen atoms in total. The van der Waals surface area contributed by atoms with Crippen LogP contribution >= 0.6 is 22.6 Å². The second-order valence-corrected chi connectivity index (χ2v) is 4.72. The highest BCUT2D eigenvalue weighted by Crippen LogP contribution is 2.32. The Hall–Kier alpha value is -1.90. The van der Waals surface area contributed by atoms with Crippen LogP contribution in [0.15, 0.2) is 36.4 Å². The van der Waals surface area contributed by atoms with E-state index in [-0.39, 0.29) is 11.6 Å². The number of hydrogen-bond donors (Lipinski definition) is 1. The van der Waals surface area contributed by atoms with Gasteiger partial charge < -0.3 is 10.1 Å². The van der Waals surface area contributed by atoms with Crippen molar-refractivity contribution >= 4 is 34.1 Å². The fourth-order valence-corrected chi connectivity index (χ4v) is 1.92. The van der Waals surface area contributed by atoms with Crippen LogP contribution in [0.5, 0.6) is 11.6 Å². The lowest BCUT2D eigenvalue weighted by Crippen LogP contribution is -2.00. The van der Waals surface area contributed by atoms with Crippen molar-refractivity contribution in [2.24, 2.45) is 0 Å². The van der Waals surface area contributed by atoms with Crippen molar-refractivity contribution in [3.05, 3.63) is 50.1 Å². The smallest absolute Gasteiger partial charge is 0.331 e. The lowest BCUT2D eigenvalue weighted by Gasteiger charge is -2.08. The Kier molecular flexibility index (Phi) is 4.15. The molecule has 19 heavy (non-hydrogen) atoms. The quantitative estimate of drug-likeness (QED) is 0.506. The number of hydrogen-bond acceptors (Lipinski definition) is 5. The van der Waals surface area contributed by atoms with Crippen LogP contribution in [0.1, 0.15) is 0 Å². The van der Waals surface area contributed by atoms with Gasteiger partial charge in [-0.3, -0.25) is 10.1 Å². The normalized spacial score (nSPS) is 10.0. The molecular formula is C12H10IN3O3. The van der Waals surface area contributed by atoms with Gasteiger partial charge in [-0.2, -0.15) is 4.98 Å². The summed E-state index contributed by atoms with van der Waals surface area (Å²) in [6.45, 7) is 0. The largest absolute Gasteiger partial charge is 0.433 e. The zero-order valence-corrected chi connectivity index (χ0v) is 12.1. The molecule has 0 amide bonds. The maximum absolute atomic E-state index is 11.0. The maximum Gasteiger partial charge on any atom is 0.331 e. The van der Waals surface area contributed by atoms with E-state index in [0.717, 1.165) is 3.57 Å². The third-order valence-electron chi connectivity index (χ3n) is 2.34. The minimum absolute atomic E-state index is 0.0269. The Balaban J connectivity index is 2.43. The number of para-hydroxylation sites is 1. The van der Waals surface area contributed by atoms with E-state index >= 15 is 0 Å². The number of anilines is 1. The van der Waals surface area contributed by atoms with Crippen LogP contribution in [0.3, 0.4) is 0 Å². The molecule has 1 N–H and O–H groups in total. The number of nitro groups is 1. The highest BCUT2D eigenvalue weighted by molar-refractivity contribution is 14.1. The molecule has 0 aliphatic heterocycles. The SMILES string of the molecule is CNc1ccc([N+](=O)[O-])c(Oc2ccccc2I)n1. The molecule has 0 saturated heterocycles. The monoisotopic (exact) mass is 371 g/mol. The molecule has 1 aromatic carbocycles. The van der Waals surface area contributed by atoms with Crippen molar-refractivity contribution in [2.75, 3.05) is 12.4 Å². The average Bonchev–Trinajstić information content (AvgIpc) is 2.41. The van der Waals surface area contributed by atoms with Gasteiger partial charge in [0.15, 0.2) is 0 Å². The fourth-order valence-electron chi connectivity index (χ4n) is 1.42. The van der Waals surface area contributed by atoms with Crippen LogP contribution in [0, 0.1) is 13.7 Å². The first kappa shape index (κ1) is 13.5. The predicted molar refractivity (Wildman–Crippen MR) is 79.7 cm³/mol. The third kappa shape index (κ3) is 3.11. The molecule has 98 valence electrons. The first-order valence-electron chi connectivity index (χ1n) is 5.37.